The van der Waals surface area contributed by atoms with Gasteiger partial charge >= 0.3 is 5.97 Å². The maximum atomic E-state index is 10.7. The first-order valence-electron chi connectivity index (χ1n) is 6.01. The molecule has 0 spiro atoms. The van der Waals surface area contributed by atoms with Gasteiger partial charge in [0.25, 0.3) is 0 Å². The molecule has 0 fully saturated rings. The Morgan fingerprint density at radius 1 is 1.50 bits per heavy atom. The van der Waals surface area contributed by atoms with E-state index < -0.39 is 5.97 Å². The van der Waals surface area contributed by atoms with Crippen molar-refractivity contribution in [1.82, 2.24) is 4.98 Å². The van der Waals surface area contributed by atoms with Crippen LogP contribution in [0.1, 0.15) is 11.3 Å². The highest BCUT2D eigenvalue weighted by molar-refractivity contribution is 7.98. The first-order chi connectivity index (χ1) is 9.69. The molecule has 0 bridgehead atoms. The number of carboxylic acid groups (broad SMARTS) is 1. The Bertz CT molecular complexity index is 583. The summed E-state index contributed by atoms with van der Waals surface area (Å²) in [7, 11) is 1.68. The summed E-state index contributed by atoms with van der Waals surface area (Å²) in [6.45, 7) is 0. The number of ether oxygens (including phenoxy) is 1. The predicted molar refractivity (Wildman–Crippen MR) is 82.1 cm³/mol. The van der Waals surface area contributed by atoms with Crippen LogP contribution in [0.3, 0.4) is 0 Å². The molecule has 0 aliphatic rings. The smallest absolute Gasteiger partial charge is 0.309 e. The number of thiazole rings is 1. The van der Waals surface area contributed by atoms with E-state index in [1.54, 1.807) is 24.3 Å². The summed E-state index contributed by atoms with van der Waals surface area (Å²) in [5.41, 5.74) is 2.85. The minimum atomic E-state index is -0.855. The number of aliphatic carboxylic acids is 1. The molecule has 0 aliphatic heterocycles. The van der Waals surface area contributed by atoms with Gasteiger partial charge in [-0.2, -0.15) is 0 Å². The van der Waals surface area contributed by atoms with E-state index in [0.29, 0.717) is 11.6 Å². The van der Waals surface area contributed by atoms with Gasteiger partial charge in [0.05, 0.1) is 18.1 Å². The lowest BCUT2D eigenvalue weighted by Crippen LogP contribution is -1.99. The number of benzene rings is 1. The standard InChI is InChI=1S/C14H15NO3S2/c1-18-9-19-7-10-3-2-4-11(5-10)14-15-12(8-20-14)6-13(16)17/h2-5,8H,6-7,9H2,1H3,(H,16,17). The highest BCUT2D eigenvalue weighted by Crippen LogP contribution is 2.26. The quantitative estimate of drug-likeness (QED) is 0.628. The maximum Gasteiger partial charge on any atom is 0.309 e. The molecule has 1 heterocycles. The van der Waals surface area contributed by atoms with Crippen LogP contribution in [-0.4, -0.2) is 29.1 Å². The summed E-state index contributed by atoms with van der Waals surface area (Å²) in [6.07, 6.45) is -0.0279. The van der Waals surface area contributed by atoms with Crippen molar-refractivity contribution < 1.29 is 14.6 Å². The van der Waals surface area contributed by atoms with Crippen LogP contribution in [0, 0.1) is 0 Å². The SMILES string of the molecule is COCSCc1cccc(-c2nc(CC(=O)O)cs2)c1. The lowest BCUT2D eigenvalue weighted by Gasteiger charge is -2.03. The molecule has 0 amide bonds. The Labute approximate surface area is 125 Å². The van der Waals surface area contributed by atoms with Crippen LogP contribution in [0.15, 0.2) is 29.6 Å². The van der Waals surface area contributed by atoms with Crippen LogP contribution in [0.5, 0.6) is 0 Å². The number of hydrogen-bond donors (Lipinski definition) is 1. The van der Waals surface area contributed by atoms with Gasteiger partial charge < -0.3 is 9.84 Å². The largest absolute Gasteiger partial charge is 0.481 e. The van der Waals surface area contributed by atoms with E-state index >= 15 is 0 Å². The van der Waals surface area contributed by atoms with E-state index in [-0.39, 0.29) is 6.42 Å². The van der Waals surface area contributed by atoms with Crippen LogP contribution in [0.25, 0.3) is 10.6 Å². The molecule has 1 N–H and O–H groups in total. The van der Waals surface area contributed by atoms with Crippen molar-refractivity contribution in [2.45, 2.75) is 12.2 Å². The van der Waals surface area contributed by atoms with Gasteiger partial charge in [0.1, 0.15) is 5.01 Å². The molecule has 6 heteroatoms. The van der Waals surface area contributed by atoms with E-state index in [1.807, 2.05) is 12.1 Å². The van der Waals surface area contributed by atoms with Gasteiger partial charge in [-0.25, -0.2) is 4.98 Å². The average molecular weight is 309 g/mol. The van der Waals surface area contributed by atoms with E-state index in [0.717, 1.165) is 16.3 Å². The van der Waals surface area contributed by atoms with Crippen molar-refractivity contribution in [3.8, 4) is 10.6 Å². The fraction of sp³-hybridized carbons (Fsp3) is 0.286. The molecular formula is C14H15NO3S2. The second kappa shape index (κ2) is 7.42. The van der Waals surface area contributed by atoms with Crippen LogP contribution >= 0.6 is 23.1 Å². The van der Waals surface area contributed by atoms with Crippen LogP contribution in [-0.2, 0) is 21.7 Å². The molecule has 0 radical (unpaired) electrons. The van der Waals surface area contributed by atoms with Gasteiger partial charge in [0, 0.05) is 23.8 Å². The summed E-state index contributed by atoms with van der Waals surface area (Å²) < 4.78 is 5.02. The van der Waals surface area contributed by atoms with Crippen molar-refractivity contribution in [2.24, 2.45) is 0 Å². The van der Waals surface area contributed by atoms with E-state index in [2.05, 4.69) is 17.1 Å². The summed E-state index contributed by atoms with van der Waals surface area (Å²) in [4.78, 5) is 15.0. The number of carboxylic acids is 1. The number of thioether (sulfide) groups is 1. The number of carbonyl (C=O) groups is 1. The molecule has 2 aromatic rings. The molecule has 20 heavy (non-hydrogen) atoms. The van der Waals surface area contributed by atoms with Gasteiger partial charge in [0.15, 0.2) is 0 Å². The molecule has 1 aromatic heterocycles. The molecular weight excluding hydrogens is 294 g/mol. The number of methoxy groups -OCH3 is 1. The third-order valence-electron chi connectivity index (χ3n) is 2.53. The maximum absolute atomic E-state index is 10.7. The van der Waals surface area contributed by atoms with Gasteiger partial charge in [-0.05, 0) is 11.6 Å². The third kappa shape index (κ3) is 4.33. The second-order valence-electron chi connectivity index (χ2n) is 4.17. The molecule has 0 aliphatic carbocycles. The Kier molecular flexibility index (Phi) is 5.58. The molecule has 106 valence electrons. The first-order valence-corrected chi connectivity index (χ1v) is 8.04. The lowest BCUT2D eigenvalue weighted by molar-refractivity contribution is -0.136. The van der Waals surface area contributed by atoms with Crippen molar-refractivity contribution in [3.63, 3.8) is 0 Å². The third-order valence-corrected chi connectivity index (χ3v) is 4.41. The summed E-state index contributed by atoms with van der Waals surface area (Å²) in [6, 6.07) is 8.15. The first kappa shape index (κ1) is 15.0. The minimum Gasteiger partial charge on any atom is -0.481 e. The van der Waals surface area contributed by atoms with E-state index in [4.69, 9.17) is 9.84 Å². The predicted octanol–water partition coefficient (Wildman–Crippen LogP) is 3.27. The Morgan fingerprint density at radius 2 is 2.35 bits per heavy atom. The fourth-order valence-corrected chi connectivity index (χ4v) is 3.19. The Balaban J connectivity index is 2.09. The van der Waals surface area contributed by atoms with Crippen molar-refractivity contribution in [2.75, 3.05) is 13.0 Å². The lowest BCUT2D eigenvalue weighted by atomic mass is 10.1. The fourth-order valence-electron chi connectivity index (χ4n) is 1.71. The summed E-state index contributed by atoms with van der Waals surface area (Å²) >= 11 is 3.18. The van der Waals surface area contributed by atoms with Crippen LogP contribution in [0.4, 0.5) is 0 Å². The highest BCUT2D eigenvalue weighted by atomic mass is 32.2. The molecule has 0 saturated carbocycles. The Morgan fingerprint density at radius 3 is 3.10 bits per heavy atom. The summed E-state index contributed by atoms with van der Waals surface area (Å²) in [5.74, 6) is 0.700. The second-order valence-corrected chi connectivity index (χ2v) is 5.96. The van der Waals surface area contributed by atoms with Crippen LogP contribution in [0.2, 0.25) is 0 Å². The highest BCUT2D eigenvalue weighted by Gasteiger charge is 2.08. The molecule has 4 nitrogen and oxygen atoms in total. The monoisotopic (exact) mass is 309 g/mol. The van der Waals surface area contributed by atoms with E-state index in [9.17, 15) is 4.79 Å². The minimum absolute atomic E-state index is 0.0279. The molecule has 0 saturated heterocycles. The molecule has 2 rings (SSSR count). The normalized spacial score (nSPS) is 10.7. The van der Waals surface area contributed by atoms with Gasteiger partial charge in [-0.15, -0.1) is 23.1 Å². The zero-order valence-electron chi connectivity index (χ0n) is 11.0. The number of aromatic nitrogens is 1. The van der Waals surface area contributed by atoms with Gasteiger partial charge in [-0.1, -0.05) is 18.2 Å². The summed E-state index contributed by atoms with van der Waals surface area (Å²) in [5, 5.41) is 11.4. The molecule has 0 atom stereocenters. The van der Waals surface area contributed by atoms with Crippen molar-refractivity contribution in [1.29, 1.82) is 0 Å². The van der Waals surface area contributed by atoms with Crippen molar-refractivity contribution in [3.05, 3.63) is 40.9 Å². The molecule has 1 aromatic carbocycles. The van der Waals surface area contributed by atoms with Gasteiger partial charge in [0.2, 0.25) is 0 Å². The molecule has 0 unspecified atom stereocenters. The number of hydrogen-bond acceptors (Lipinski definition) is 5. The zero-order valence-corrected chi connectivity index (χ0v) is 12.7. The topological polar surface area (TPSA) is 59.4 Å². The van der Waals surface area contributed by atoms with Gasteiger partial charge in [-0.3, -0.25) is 4.79 Å². The van der Waals surface area contributed by atoms with Crippen LogP contribution < -0.4 is 0 Å². The van der Waals surface area contributed by atoms with E-state index in [1.165, 1.54) is 16.9 Å². The Hall–Kier alpha value is -1.37. The number of rotatable bonds is 7. The van der Waals surface area contributed by atoms with Crippen molar-refractivity contribution >= 4 is 29.1 Å². The number of nitrogens with zero attached hydrogens (tertiary/aromatic N) is 1. The average Bonchev–Trinajstić information content (AvgIpc) is 2.87. The zero-order chi connectivity index (χ0) is 14.4.